The Hall–Kier alpha value is -2.33. The zero-order valence-corrected chi connectivity index (χ0v) is 13.5. The van der Waals surface area contributed by atoms with Crippen molar-refractivity contribution in [3.05, 3.63) is 34.7 Å². The predicted octanol–water partition coefficient (Wildman–Crippen LogP) is 2.99. The first-order chi connectivity index (χ1) is 10.5. The maximum atomic E-state index is 11.8. The van der Waals surface area contributed by atoms with Gasteiger partial charge in [-0.15, -0.1) is 11.8 Å². The van der Waals surface area contributed by atoms with Crippen molar-refractivity contribution in [2.24, 2.45) is 0 Å². The predicted molar refractivity (Wildman–Crippen MR) is 83.6 cm³/mol. The van der Waals surface area contributed by atoms with Gasteiger partial charge in [-0.2, -0.15) is 5.26 Å². The molecule has 0 radical (unpaired) electrons. The Morgan fingerprint density at radius 2 is 2.18 bits per heavy atom. The van der Waals surface area contributed by atoms with Crippen molar-refractivity contribution >= 4 is 23.5 Å². The second-order valence-electron chi connectivity index (χ2n) is 4.84. The van der Waals surface area contributed by atoms with E-state index in [9.17, 15) is 10.1 Å². The van der Waals surface area contributed by atoms with Crippen molar-refractivity contribution in [2.45, 2.75) is 32.2 Å². The minimum atomic E-state index is -0.149. The maximum Gasteiger partial charge on any atom is 0.226 e. The van der Waals surface area contributed by atoms with Gasteiger partial charge in [0.15, 0.2) is 5.82 Å². The van der Waals surface area contributed by atoms with Gasteiger partial charge in [0, 0.05) is 23.9 Å². The molecule has 0 spiro atoms. The molecule has 0 fully saturated rings. The summed E-state index contributed by atoms with van der Waals surface area (Å²) in [6, 6.07) is 5.70. The van der Waals surface area contributed by atoms with Gasteiger partial charge in [0.05, 0.1) is 5.56 Å². The fraction of sp³-hybridized carbons (Fsp3) is 0.333. The molecule has 6 nitrogen and oxygen atoms in total. The van der Waals surface area contributed by atoms with Crippen molar-refractivity contribution in [1.82, 2.24) is 10.1 Å². The smallest absolute Gasteiger partial charge is 0.226 e. The summed E-state index contributed by atoms with van der Waals surface area (Å²) in [6.07, 6.45) is 0.302. The molecule has 0 unspecified atom stereocenters. The van der Waals surface area contributed by atoms with Crippen molar-refractivity contribution in [3.8, 4) is 6.07 Å². The summed E-state index contributed by atoms with van der Waals surface area (Å²) in [5, 5.41) is 16.2. The van der Waals surface area contributed by atoms with E-state index in [-0.39, 0.29) is 5.91 Å². The monoisotopic (exact) mass is 316 g/mol. The molecule has 114 valence electrons. The first-order valence-electron chi connectivity index (χ1n) is 6.74. The number of thioether (sulfide) groups is 1. The largest absolute Gasteiger partial charge is 0.360 e. The SMILES string of the molecule is Cc1cc(C)c(C#N)c(SCCC(=O)Nc2cc(C)on2)n1. The Labute approximate surface area is 132 Å². The molecule has 0 saturated carbocycles. The third kappa shape index (κ3) is 4.09. The van der Waals surface area contributed by atoms with Crippen molar-refractivity contribution < 1.29 is 9.32 Å². The van der Waals surface area contributed by atoms with Crippen LogP contribution in [-0.4, -0.2) is 21.8 Å². The molecule has 0 saturated heterocycles. The highest BCUT2D eigenvalue weighted by atomic mass is 32.2. The second-order valence-corrected chi connectivity index (χ2v) is 5.93. The molecule has 1 N–H and O–H groups in total. The summed E-state index contributed by atoms with van der Waals surface area (Å²) in [5.74, 6) is 1.44. The summed E-state index contributed by atoms with van der Waals surface area (Å²) >= 11 is 1.41. The number of nitrogens with one attached hydrogen (secondary N) is 1. The van der Waals surface area contributed by atoms with Crippen LogP contribution in [0.5, 0.6) is 0 Å². The molecule has 0 aromatic carbocycles. The van der Waals surface area contributed by atoms with Crippen LogP contribution in [0.4, 0.5) is 5.82 Å². The third-order valence-electron chi connectivity index (χ3n) is 2.89. The van der Waals surface area contributed by atoms with E-state index in [2.05, 4.69) is 21.5 Å². The highest BCUT2D eigenvalue weighted by Gasteiger charge is 2.11. The summed E-state index contributed by atoms with van der Waals surface area (Å²) in [5.41, 5.74) is 2.34. The quantitative estimate of drug-likeness (QED) is 0.853. The van der Waals surface area contributed by atoms with Gasteiger partial charge < -0.3 is 9.84 Å². The van der Waals surface area contributed by atoms with E-state index in [1.807, 2.05) is 19.9 Å². The van der Waals surface area contributed by atoms with Gasteiger partial charge in [0.2, 0.25) is 5.91 Å². The van der Waals surface area contributed by atoms with Gasteiger partial charge >= 0.3 is 0 Å². The molecule has 0 bridgehead atoms. The van der Waals surface area contributed by atoms with Crippen LogP contribution >= 0.6 is 11.8 Å². The van der Waals surface area contributed by atoms with E-state index in [0.717, 1.165) is 11.3 Å². The zero-order chi connectivity index (χ0) is 16.1. The van der Waals surface area contributed by atoms with Crippen LogP contribution in [0.15, 0.2) is 21.7 Å². The molecule has 0 aliphatic carbocycles. The Kier molecular flexibility index (Phi) is 5.17. The Balaban J connectivity index is 1.91. The number of aromatic nitrogens is 2. The second kappa shape index (κ2) is 7.09. The van der Waals surface area contributed by atoms with Crippen LogP contribution in [0.3, 0.4) is 0 Å². The standard InChI is InChI=1S/C15H16N4O2S/c1-9-6-10(2)17-15(12(9)8-16)22-5-4-14(20)18-13-7-11(3)21-19-13/h6-7H,4-5H2,1-3H3,(H,18,19,20). The number of carbonyl (C=O) groups is 1. The lowest BCUT2D eigenvalue weighted by atomic mass is 10.1. The number of nitriles is 1. The topological polar surface area (TPSA) is 91.8 Å². The summed E-state index contributed by atoms with van der Waals surface area (Å²) in [6.45, 7) is 5.53. The highest BCUT2D eigenvalue weighted by Crippen LogP contribution is 2.24. The lowest BCUT2D eigenvalue weighted by Gasteiger charge is -2.07. The number of hydrogen-bond acceptors (Lipinski definition) is 6. The van der Waals surface area contributed by atoms with E-state index >= 15 is 0 Å². The van der Waals surface area contributed by atoms with Gasteiger partial charge in [-0.1, -0.05) is 5.16 Å². The van der Waals surface area contributed by atoms with Crippen LogP contribution in [0.2, 0.25) is 0 Å². The minimum absolute atomic E-state index is 0.149. The van der Waals surface area contributed by atoms with E-state index in [1.165, 1.54) is 11.8 Å². The lowest BCUT2D eigenvalue weighted by Crippen LogP contribution is -2.12. The Morgan fingerprint density at radius 3 is 2.82 bits per heavy atom. The zero-order valence-electron chi connectivity index (χ0n) is 12.6. The van der Waals surface area contributed by atoms with Crippen LogP contribution in [0.25, 0.3) is 0 Å². The number of amides is 1. The molecule has 2 rings (SSSR count). The number of rotatable bonds is 5. The molecule has 0 atom stereocenters. The fourth-order valence-corrected chi connectivity index (χ4v) is 2.95. The van der Waals surface area contributed by atoms with E-state index in [1.54, 1.807) is 13.0 Å². The summed E-state index contributed by atoms with van der Waals surface area (Å²) in [4.78, 5) is 16.2. The molecule has 0 aliphatic heterocycles. The Bertz CT molecular complexity index is 734. The van der Waals surface area contributed by atoms with Crippen LogP contribution < -0.4 is 5.32 Å². The molecule has 2 heterocycles. The Morgan fingerprint density at radius 1 is 1.41 bits per heavy atom. The molecule has 2 aromatic heterocycles. The number of aryl methyl sites for hydroxylation is 3. The molecule has 2 aromatic rings. The average Bonchev–Trinajstić information content (AvgIpc) is 2.83. The molecule has 0 aliphatic rings. The van der Waals surface area contributed by atoms with Crippen LogP contribution in [0, 0.1) is 32.1 Å². The van der Waals surface area contributed by atoms with Crippen LogP contribution in [-0.2, 0) is 4.79 Å². The van der Waals surface area contributed by atoms with E-state index in [4.69, 9.17) is 4.52 Å². The van der Waals surface area contributed by atoms with Gasteiger partial charge in [0.1, 0.15) is 16.9 Å². The van der Waals surface area contributed by atoms with Crippen molar-refractivity contribution in [3.63, 3.8) is 0 Å². The number of pyridine rings is 1. The van der Waals surface area contributed by atoms with Gasteiger partial charge in [-0.05, 0) is 32.4 Å². The first-order valence-corrected chi connectivity index (χ1v) is 7.72. The van der Waals surface area contributed by atoms with Gasteiger partial charge in [-0.25, -0.2) is 4.98 Å². The average molecular weight is 316 g/mol. The molecule has 7 heteroatoms. The molecule has 1 amide bonds. The minimum Gasteiger partial charge on any atom is -0.360 e. The van der Waals surface area contributed by atoms with Crippen molar-refractivity contribution in [2.75, 3.05) is 11.1 Å². The van der Waals surface area contributed by atoms with Gasteiger partial charge in [0.25, 0.3) is 0 Å². The number of hydrogen-bond donors (Lipinski definition) is 1. The van der Waals surface area contributed by atoms with Crippen molar-refractivity contribution in [1.29, 1.82) is 5.26 Å². The van der Waals surface area contributed by atoms with Gasteiger partial charge in [-0.3, -0.25) is 4.79 Å². The summed E-state index contributed by atoms with van der Waals surface area (Å²) < 4.78 is 4.88. The molecular weight excluding hydrogens is 300 g/mol. The number of carbonyl (C=O) groups excluding carboxylic acids is 1. The first kappa shape index (κ1) is 16.0. The molecular formula is C15H16N4O2S. The molecule has 22 heavy (non-hydrogen) atoms. The number of nitrogens with zero attached hydrogens (tertiary/aromatic N) is 3. The highest BCUT2D eigenvalue weighted by molar-refractivity contribution is 7.99. The summed E-state index contributed by atoms with van der Waals surface area (Å²) in [7, 11) is 0. The fourth-order valence-electron chi connectivity index (χ4n) is 1.91. The number of anilines is 1. The normalized spacial score (nSPS) is 10.3. The van der Waals surface area contributed by atoms with E-state index in [0.29, 0.717) is 34.3 Å². The lowest BCUT2D eigenvalue weighted by molar-refractivity contribution is -0.115. The maximum absolute atomic E-state index is 11.8. The van der Waals surface area contributed by atoms with Crippen LogP contribution in [0.1, 0.15) is 29.0 Å². The van der Waals surface area contributed by atoms with E-state index < -0.39 is 0 Å². The third-order valence-corrected chi connectivity index (χ3v) is 3.86.